The summed E-state index contributed by atoms with van der Waals surface area (Å²) in [6.07, 6.45) is 0. The average molecular weight is 212 g/mol. The van der Waals surface area contributed by atoms with Crippen molar-refractivity contribution in [2.75, 3.05) is 6.54 Å². The first kappa shape index (κ1) is 4.61. The quantitative estimate of drug-likeness (QED) is 0.729. The van der Waals surface area contributed by atoms with Gasteiger partial charge in [-0.3, -0.25) is 9.59 Å². The summed E-state index contributed by atoms with van der Waals surface area (Å²) < 4.78 is 52.8. The standard InChI is InChI=1S/C11H11NO3/c13-10(12-8-11(14)15)7-6-9-4-2-1-3-5-9/h1-7H,8H2,(H,12,13)(H,14,15)/b7-6+/i1D,2D,3D,4D,5D,6D,7D. The molecule has 0 aliphatic carbocycles. The van der Waals surface area contributed by atoms with Crippen LogP contribution in [0.3, 0.4) is 0 Å². The van der Waals surface area contributed by atoms with Crippen LogP contribution in [0.25, 0.3) is 6.05 Å². The molecule has 4 heteroatoms. The summed E-state index contributed by atoms with van der Waals surface area (Å²) in [7, 11) is 0. The number of carboxylic acids is 1. The number of benzene rings is 1. The second kappa shape index (κ2) is 5.59. The van der Waals surface area contributed by atoms with Gasteiger partial charge in [-0.1, -0.05) is 30.2 Å². The van der Waals surface area contributed by atoms with Crippen molar-refractivity contribution >= 4 is 17.9 Å². The molecule has 0 atom stereocenters. The predicted molar refractivity (Wildman–Crippen MR) is 56.1 cm³/mol. The third-order valence-electron chi connectivity index (χ3n) is 1.20. The number of carbonyl (C=O) groups is 2. The molecule has 0 aromatic heterocycles. The molecule has 0 saturated heterocycles. The van der Waals surface area contributed by atoms with Gasteiger partial charge >= 0.3 is 5.97 Å². The Morgan fingerprint density at radius 2 is 2.13 bits per heavy atom. The fraction of sp³-hybridized carbons (Fsp3) is 0.0909. The van der Waals surface area contributed by atoms with Gasteiger partial charge in [0.25, 0.3) is 0 Å². The van der Waals surface area contributed by atoms with Crippen LogP contribution < -0.4 is 5.32 Å². The van der Waals surface area contributed by atoms with E-state index in [9.17, 15) is 9.59 Å². The van der Waals surface area contributed by atoms with Gasteiger partial charge < -0.3 is 10.4 Å². The number of rotatable bonds is 4. The zero-order valence-corrected chi connectivity index (χ0v) is 7.47. The number of hydrogen-bond donors (Lipinski definition) is 2. The molecule has 0 aliphatic heterocycles. The smallest absolute Gasteiger partial charge is 0.322 e. The summed E-state index contributed by atoms with van der Waals surface area (Å²) in [5, 5.41) is 10.3. The fourth-order valence-corrected chi connectivity index (χ4v) is 0.632. The topological polar surface area (TPSA) is 66.4 Å². The molecule has 0 spiro atoms. The second-order valence-electron chi connectivity index (χ2n) is 2.33. The van der Waals surface area contributed by atoms with Crippen LogP contribution in [0.4, 0.5) is 0 Å². The van der Waals surface area contributed by atoms with Crippen molar-refractivity contribution in [2.24, 2.45) is 0 Å². The lowest BCUT2D eigenvalue weighted by molar-refractivity contribution is -0.137. The highest BCUT2D eigenvalue weighted by atomic mass is 16.4. The maximum absolute atomic E-state index is 11.5. The minimum absolute atomic E-state index is 0.596. The summed E-state index contributed by atoms with van der Waals surface area (Å²) in [6, 6.07) is -5.37. The minimum Gasteiger partial charge on any atom is -0.480 e. The molecule has 0 heterocycles. The highest BCUT2D eigenvalue weighted by Gasteiger charge is 1.98. The van der Waals surface area contributed by atoms with E-state index in [1.54, 1.807) is 0 Å². The Kier molecular flexibility index (Phi) is 1.72. The number of carboxylic acid groups (broad SMARTS) is 1. The van der Waals surface area contributed by atoms with Crippen molar-refractivity contribution in [3.63, 3.8) is 0 Å². The molecule has 1 amide bonds. The number of hydrogen-bond acceptors (Lipinski definition) is 2. The van der Waals surface area contributed by atoms with E-state index in [1.807, 2.05) is 5.32 Å². The van der Waals surface area contributed by atoms with Crippen LogP contribution in [0, 0.1) is 0 Å². The highest BCUT2D eigenvalue weighted by molar-refractivity contribution is 5.93. The number of carbonyl (C=O) groups excluding carboxylic acids is 1. The Bertz CT molecular complexity index is 658. The monoisotopic (exact) mass is 212 g/mol. The second-order valence-corrected chi connectivity index (χ2v) is 2.33. The average Bonchev–Trinajstić information content (AvgIpc) is 2.47. The molecule has 0 saturated carbocycles. The summed E-state index contributed by atoms with van der Waals surface area (Å²) in [4.78, 5) is 21.9. The van der Waals surface area contributed by atoms with Crippen LogP contribution >= 0.6 is 0 Å². The summed E-state index contributed by atoms with van der Waals surface area (Å²) in [5.74, 6) is -2.55. The number of aliphatic carboxylic acids is 1. The van der Waals surface area contributed by atoms with Crippen LogP contribution in [0.5, 0.6) is 0 Å². The van der Waals surface area contributed by atoms with E-state index in [2.05, 4.69) is 0 Å². The molecule has 0 radical (unpaired) electrons. The maximum atomic E-state index is 11.5. The highest BCUT2D eigenvalue weighted by Crippen LogP contribution is 2.00. The van der Waals surface area contributed by atoms with E-state index in [0.717, 1.165) is 0 Å². The Morgan fingerprint density at radius 1 is 1.47 bits per heavy atom. The molecular weight excluding hydrogens is 194 g/mol. The first-order valence-corrected chi connectivity index (χ1v) is 3.84. The Labute approximate surface area is 97.1 Å². The SMILES string of the molecule is [2H]/C(C(=O)NCC(=O)O)=C(/[2H])c1c([2H])c([2H])c([2H])c([2H])c1[2H]. The molecule has 2 N–H and O–H groups in total. The van der Waals surface area contributed by atoms with Crippen molar-refractivity contribution in [3.8, 4) is 0 Å². The first-order valence-electron chi connectivity index (χ1n) is 7.34. The zero-order chi connectivity index (χ0) is 17.2. The number of nitrogens with one attached hydrogen (secondary N) is 1. The van der Waals surface area contributed by atoms with E-state index in [4.69, 9.17) is 14.7 Å². The largest absolute Gasteiger partial charge is 0.480 e. The third kappa shape index (κ3) is 4.61. The van der Waals surface area contributed by atoms with Gasteiger partial charge in [0.15, 0.2) is 0 Å². The van der Waals surface area contributed by atoms with E-state index >= 15 is 0 Å². The zero-order valence-electron chi connectivity index (χ0n) is 14.5. The van der Waals surface area contributed by atoms with Crippen LogP contribution in [-0.4, -0.2) is 23.5 Å². The lowest BCUT2D eigenvalue weighted by atomic mass is 10.2. The summed E-state index contributed by atoms with van der Waals surface area (Å²) in [5.41, 5.74) is -0.596. The Morgan fingerprint density at radius 3 is 2.73 bits per heavy atom. The van der Waals surface area contributed by atoms with E-state index < -0.39 is 66.3 Å². The van der Waals surface area contributed by atoms with Crippen molar-refractivity contribution in [1.82, 2.24) is 5.32 Å². The molecule has 0 unspecified atom stereocenters. The van der Waals surface area contributed by atoms with Gasteiger partial charge in [0, 0.05) is 6.05 Å². The lowest BCUT2D eigenvalue weighted by Gasteiger charge is -1.96. The van der Waals surface area contributed by atoms with Gasteiger partial charge in [-0.2, -0.15) is 0 Å². The minimum atomic E-state index is -1.35. The fourth-order valence-electron chi connectivity index (χ4n) is 0.632. The first-order chi connectivity index (χ1) is 10.1. The lowest BCUT2D eigenvalue weighted by Crippen LogP contribution is -2.27. The van der Waals surface area contributed by atoms with Gasteiger partial charge in [0.1, 0.15) is 6.54 Å². The Balaban J connectivity index is 3.39. The van der Waals surface area contributed by atoms with Crippen molar-refractivity contribution < 1.29 is 24.3 Å². The van der Waals surface area contributed by atoms with Crippen molar-refractivity contribution in [3.05, 3.63) is 41.8 Å². The molecule has 0 bridgehead atoms. The number of amides is 1. The predicted octanol–water partition coefficient (Wildman–Crippen LogP) is 0.901. The van der Waals surface area contributed by atoms with E-state index in [1.165, 1.54) is 0 Å². The molecule has 0 aliphatic rings. The van der Waals surface area contributed by atoms with E-state index in [0.29, 0.717) is 0 Å². The van der Waals surface area contributed by atoms with Crippen LogP contribution in [0.2, 0.25) is 0 Å². The molecule has 15 heavy (non-hydrogen) atoms. The summed E-state index contributed by atoms with van der Waals surface area (Å²) in [6.45, 7) is -0.769. The maximum Gasteiger partial charge on any atom is 0.322 e. The molecule has 1 rings (SSSR count). The third-order valence-corrected chi connectivity index (χ3v) is 1.20. The molecular formula is C11H11NO3. The van der Waals surface area contributed by atoms with Gasteiger partial charge in [-0.05, 0) is 11.6 Å². The Hall–Kier alpha value is -2.10. The van der Waals surface area contributed by atoms with Gasteiger partial charge in [0.2, 0.25) is 5.91 Å². The molecule has 4 nitrogen and oxygen atoms in total. The van der Waals surface area contributed by atoms with Crippen molar-refractivity contribution in [1.29, 1.82) is 0 Å². The van der Waals surface area contributed by atoms with Gasteiger partial charge in [-0.25, -0.2) is 0 Å². The van der Waals surface area contributed by atoms with Gasteiger partial charge in [0.05, 0.1) is 9.60 Å². The molecule has 1 aromatic carbocycles. The molecule has 78 valence electrons. The van der Waals surface area contributed by atoms with Gasteiger partial charge in [-0.15, -0.1) is 0 Å². The van der Waals surface area contributed by atoms with Crippen molar-refractivity contribution in [2.45, 2.75) is 0 Å². The van der Waals surface area contributed by atoms with Crippen LogP contribution in [0.1, 0.15) is 15.2 Å². The molecule has 0 fully saturated rings. The van der Waals surface area contributed by atoms with Crippen LogP contribution in [0.15, 0.2) is 36.3 Å². The molecule has 1 aromatic rings. The summed E-state index contributed by atoms with van der Waals surface area (Å²) >= 11 is 0. The van der Waals surface area contributed by atoms with Crippen LogP contribution in [-0.2, 0) is 9.59 Å². The van der Waals surface area contributed by atoms with E-state index in [-0.39, 0.29) is 0 Å². The normalized spacial score (nSPS) is 18.0.